The largest absolute Gasteiger partial charge is 0.490 e. The number of benzene rings is 2. The number of nitro benzene ring substituents is 1. The Balaban J connectivity index is 2.42. The number of carbonyl (C=O) groups excluding carboxylic acids is 1. The lowest BCUT2D eigenvalue weighted by molar-refractivity contribution is -0.384. The number of allylic oxidation sites excluding steroid dienone is 1. The van der Waals surface area contributed by atoms with Gasteiger partial charge in [0.2, 0.25) is 0 Å². The van der Waals surface area contributed by atoms with Crippen LogP contribution < -0.4 is 14.8 Å². The molecule has 0 spiro atoms. The standard InChI is InChI=1S/C24H21N3O5/c1-4-8-18-12-17(14-22(31-6-3)23(18)32-11-5-2)13-19(16-25)24(28)26-20-9-7-10-21(15-20)27(29)30/h2,4,7,9-10,12-15H,1,6,8,11H2,3H3,(H,26,28)/b19-13+. The lowest BCUT2D eigenvalue weighted by atomic mass is 10.0. The molecule has 8 nitrogen and oxygen atoms in total. The molecule has 2 aromatic carbocycles. The maximum absolute atomic E-state index is 12.6. The van der Waals surface area contributed by atoms with Crippen molar-refractivity contribution < 1.29 is 19.2 Å². The highest BCUT2D eigenvalue weighted by atomic mass is 16.6. The van der Waals surface area contributed by atoms with Crippen LogP contribution in [0.15, 0.2) is 54.6 Å². The van der Waals surface area contributed by atoms with Gasteiger partial charge in [-0.25, -0.2) is 0 Å². The molecule has 32 heavy (non-hydrogen) atoms. The summed E-state index contributed by atoms with van der Waals surface area (Å²) < 4.78 is 11.3. The summed E-state index contributed by atoms with van der Waals surface area (Å²) in [4.78, 5) is 22.9. The molecule has 0 atom stereocenters. The van der Waals surface area contributed by atoms with Gasteiger partial charge >= 0.3 is 0 Å². The number of hydrogen-bond acceptors (Lipinski definition) is 6. The summed E-state index contributed by atoms with van der Waals surface area (Å²) in [6, 6.07) is 10.7. The average molecular weight is 431 g/mol. The third-order valence-corrected chi connectivity index (χ3v) is 4.11. The van der Waals surface area contributed by atoms with Gasteiger partial charge in [-0.05, 0) is 43.2 Å². The summed E-state index contributed by atoms with van der Waals surface area (Å²) in [5, 5.41) is 22.9. The zero-order valence-electron chi connectivity index (χ0n) is 17.5. The zero-order chi connectivity index (χ0) is 23.5. The van der Waals surface area contributed by atoms with Crippen LogP contribution in [-0.2, 0) is 11.2 Å². The number of rotatable bonds is 10. The summed E-state index contributed by atoms with van der Waals surface area (Å²) in [5.41, 5.74) is 1.09. The van der Waals surface area contributed by atoms with Crippen molar-refractivity contribution in [2.45, 2.75) is 13.3 Å². The van der Waals surface area contributed by atoms with Crippen LogP contribution in [0.2, 0.25) is 0 Å². The molecule has 0 aliphatic rings. The normalized spacial score (nSPS) is 10.4. The molecule has 0 saturated carbocycles. The van der Waals surface area contributed by atoms with Gasteiger partial charge in [-0.2, -0.15) is 5.26 Å². The summed E-state index contributed by atoms with van der Waals surface area (Å²) in [7, 11) is 0. The SMILES string of the molecule is C#CCOc1c(CC=C)cc(/C=C(\C#N)C(=O)Nc2cccc([N+](=O)[O-])c2)cc1OCC. The van der Waals surface area contributed by atoms with E-state index < -0.39 is 10.8 Å². The topological polar surface area (TPSA) is 114 Å². The van der Waals surface area contributed by atoms with E-state index in [4.69, 9.17) is 15.9 Å². The molecule has 162 valence electrons. The molecule has 0 aromatic heterocycles. The minimum absolute atomic E-state index is 0.0501. The molecule has 0 fully saturated rings. The Morgan fingerprint density at radius 3 is 2.75 bits per heavy atom. The Hall–Kier alpha value is -4.56. The third kappa shape index (κ3) is 6.22. The van der Waals surface area contributed by atoms with E-state index in [9.17, 15) is 20.2 Å². The van der Waals surface area contributed by atoms with Crippen LogP contribution >= 0.6 is 0 Å². The lowest BCUT2D eigenvalue weighted by Gasteiger charge is -2.15. The first-order valence-corrected chi connectivity index (χ1v) is 9.57. The van der Waals surface area contributed by atoms with E-state index in [-0.39, 0.29) is 23.6 Å². The van der Waals surface area contributed by atoms with Gasteiger partial charge < -0.3 is 14.8 Å². The Morgan fingerprint density at radius 1 is 1.34 bits per heavy atom. The van der Waals surface area contributed by atoms with Crippen molar-refractivity contribution in [2.24, 2.45) is 0 Å². The van der Waals surface area contributed by atoms with Crippen molar-refractivity contribution in [3.05, 3.63) is 75.9 Å². The van der Waals surface area contributed by atoms with Gasteiger partial charge in [-0.3, -0.25) is 14.9 Å². The fourth-order valence-corrected chi connectivity index (χ4v) is 2.83. The van der Waals surface area contributed by atoms with Crippen molar-refractivity contribution in [2.75, 3.05) is 18.5 Å². The number of terminal acetylenes is 1. The van der Waals surface area contributed by atoms with Crippen molar-refractivity contribution in [3.63, 3.8) is 0 Å². The van der Waals surface area contributed by atoms with Crippen LogP contribution in [0.25, 0.3) is 6.08 Å². The van der Waals surface area contributed by atoms with Crippen LogP contribution in [0.3, 0.4) is 0 Å². The van der Waals surface area contributed by atoms with Crippen LogP contribution in [-0.4, -0.2) is 24.0 Å². The summed E-state index contributed by atoms with van der Waals surface area (Å²) in [6.45, 7) is 5.97. The maximum Gasteiger partial charge on any atom is 0.271 e. The smallest absolute Gasteiger partial charge is 0.271 e. The summed E-state index contributed by atoms with van der Waals surface area (Å²) in [5.74, 6) is 2.60. The fraction of sp³-hybridized carbons (Fsp3) is 0.167. The molecular formula is C24H21N3O5. The van der Waals surface area contributed by atoms with Gasteiger partial charge in [0.15, 0.2) is 11.5 Å². The second kappa shape index (κ2) is 11.6. The van der Waals surface area contributed by atoms with Crippen LogP contribution in [0.1, 0.15) is 18.1 Å². The Morgan fingerprint density at radius 2 is 2.12 bits per heavy atom. The molecule has 0 aliphatic heterocycles. The highest BCUT2D eigenvalue weighted by molar-refractivity contribution is 6.09. The lowest BCUT2D eigenvalue weighted by Crippen LogP contribution is -2.13. The van der Waals surface area contributed by atoms with Crippen molar-refractivity contribution >= 4 is 23.4 Å². The molecule has 0 aliphatic carbocycles. The van der Waals surface area contributed by atoms with Gasteiger partial charge in [0.05, 0.1) is 11.5 Å². The summed E-state index contributed by atoms with van der Waals surface area (Å²) in [6.07, 6.45) is 8.82. The number of amides is 1. The number of nitrogens with zero attached hydrogens (tertiary/aromatic N) is 2. The number of hydrogen-bond donors (Lipinski definition) is 1. The van der Waals surface area contributed by atoms with E-state index >= 15 is 0 Å². The molecule has 2 aromatic rings. The highest BCUT2D eigenvalue weighted by Crippen LogP contribution is 2.34. The minimum Gasteiger partial charge on any atom is -0.490 e. The zero-order valence-corrected chi connectivity index (χ0v) is 17.5. The van der Waals surface area contributed by atoms with Crippen LogP contribution in [0.5, 0.6) is 11.5 Å². The van der Waals surface area contributed by atoms with Crippen molar-refractivity contribution in [3.8, 4) is 29.9 Å². The first-order chi connectivity index (χ1) is 15.4. The molecule has 1 N–H and O–H groups in total. The van der Waals surface area contributed by atoms with Crippen LogP contribution in [0.4, 0.5) is 11.4 Å². The molecule has 8 heteroatoms. The van der Waals surface area contributed by atoms with E-state index in [1.54, 1.807) is 18.2 Å². The molecule has 0 bridgehead atoms. The quantitative estimate of drug-likeness (QED) is 0.150. The second-order valence-corrected chi connectivity index (χ2v) is 6.36. The number of non-ortho nitro benzene ring substituents is 1. The van der Waals surface area contributed by atoms with E-state index in [0.717, 1.165) is 5.56 Å². The number of nitriles is 1. The molecule has 0 heterocycles. The van der Waals surface area contributed by atoms with Crippen LogP contribution in [0, 0.1) is 33.8 Å². The molecular weight excluding hydrogens is 410 g/mol. The molecule has 1 amide bonds. The first kappa shape index (κ1) is 23.7. The molecule has 0 saturated heterocycles. The highest BCUT2D eigenvalue weighted by Gasteiger charge is 2.16. The van der Waals surface area contributed by atoms with Gasteiger partial charge in [0.1, 0.15) is 18.2 Å². The number of carbonyl (C=O) groups is 1. The molecule has 2 rings (SSSR count). The van der Waals surface area contributed by atoms with Gasteiger partial charge in [0, 0.05) is 23.4 Å². The van der Waals surface area contributed by atoms with E-state index in [0.29, 0.717) is 30.1 Å². The number of ether oxygens (including phenoxy) is 2. The maximum atomic E-state index is 12.6. The number of nitrogens with one attached hydrogen (secondary N) is 1. The monoisotopic (exact) mass is 431 g/mol. The van der Waals surface area contributed by atoms with Gasteiger partial charge in [-0.1, -0.05) is 18.1 Å². The average Bonchev–Trinajstić information content (AvgIpc) is 2.77. The van der Waals surface area contributed by atoms with E-state index in [1.807, 2.05) is 13.0 Å². The Kier molecular flexibility index (Phi) is 8.58. The van der Waals surface area contributed by atoms with E-state index in [2.05, 4.69) is 17.8 Å². The third-order valence-electron chi connectivity index (χ3n) is 4.11. The number of anilines is 1. The van der Waals surface area contributed by atoms with Gasteiger partial charge in [-0.15, -0.1) is 13.0 Å². The first-order valence-electron chi connectivity index (χ1n) is 9.57. The minimum atomic E-state index is -0.705. The molecule has 0 radical (unpaired) electrons. The van der Waals surface area contributed by atoms with Crippen molar-refractivity contribution in [1.82, 2.24) is 0 Å². The second-order valence-electron chi connectivity index (χ2n) is 6.36. The number of nitro groups is 1. The fourth-order valence-electron chi connectivity index (χ4n) is 2.83. The Labute approximate surface area is 185 Å². The van der Waals surface area contributed by atoms with Crippen molar-refractivity contribution in [1.29, 1.82) is 5.26 Å². The Bertz CT molecular complexity index is 1140. The predicted molar refractivity (Wildman–Crippen MR) is 121 cm³/mol. The predicted octanol–water partition coefficient (Wildman–Crippen LogP) is 4.28. The molecule has 0 unspecified atom stereocenters. The summed E-state index contributed by atoms with van der Waals surface area (Å²) >= 11 is 0. The van der Waals surface area contributed by atoms with E-state index in [1.165, 1.54) is 30.3 Å². The van der Waals surface area contributed by atoms with Gasteiger partial charge in [0.25, 0.3) is 11.6 Å².